The van der Waals surface area contributed by atoms with Crippen LogP contribution in [0.4, 0.5) is 37.8 Å². The van der Waals surface area contributed by atoms with Crippen molar-refractivity contribution in [3.63, 3.8) is 0 Å². The number of benzene rings is 2. The number of hydrogen-bond acceptors (Lipinski definition) is 4. The molecule has 0 aliphatic carbocycles. The number of carbonyl (C=O) groups is 1. The Morgan fingerprint density at radius 3 is 2.27 bits per heavy atom. The van der Waals surface area contributed by atoms with Crippen LogP contribution in [0.1, 0.15) is 32.7 Å². The number of fused-ring (bicyclic) bond motifs is 1. The normalized spacial score (nSPS) is 12.0. The minimum Gasteiger partial charge on any atom is -0.408 e. The van der Waals surface area contributed by atoms with Crippen LogP contribution in [-0.4, -0.2) is 22.7 Å². The van der Waals surface area contributed by atoms with E-state index >= 15 is 0 Å². The first-order valence-electron chi connectivity index (χ1n) is 10.9. The van der Waals surface area contributed by atoms with Gasteiger partial charge in [-0.1, -0.05) is 30.3 Å². The lowest BCUT2D eigenvalue weighted by molar-refractivity contribution is -0.138. The summed E-state index contributed by atoms with van der Waals surface area (Å²) in [4.78, 5) is 22.9. The summed E-state index contributed by atoms with van der Waals surface area (Å²) in [5, 5.41) is 5.09. The number of nitrogens with zero attached hydrogens (tertiary/aromatic N) is 2. The van der Waals surface area contributed by atoms with Crippen molar-refractivity contribution >= 4 is 28.3 Å². The van der Waals surface area contributed by atoms with Gasteiger partial charge < -0.3 is 15.5 Å². The van der Waals surface area contributed by atoms with Crippen LogP contribution in [0, 0.1) is 6.92 Å². The topological polar surface area (TPSA) is 68.2 Å². The average Bonchev–Trinajstić information content (AvgIpc) is 3.13. The zero-order chi connectivity index (χ0) is 27.0. The van der Waals surface area contributed by atoms with E-state index in [1.807, 2.05) is 0 Å². The first-order valence-corrected chi connectivity index (χ1v) is 10.9. The second-order valence-corrected chi connectivity index (χ2v) is 8.08. The largest absolute Gasteiger partial charge is 0.417 e. The van der Waals surface area contributed by atoms with Crippen molar-refractivity contribution in [2.24, 2.45) is 0 Å². The summed E-state index contributed by atoms with van der Waals surface area (Å²) < 4.78 is 80.9. The van der Waals surface area contributed by atoms with Crippen LogP contribution < -0.4 is 15.5 Å². The molecular weight excluding hydrogens is 502 g/mol. The van der Waals surface area contributed by atoms with Crippen molar-refractivity contribution in [3.05, 3.63) is 88.7 Å². The molecule has 12 heteroatoms. The summed E-state index contributed by atoms with van der Waals surface area (Å²) in [6.45, 7) is 1.40. The summed E-state index contributed by atoms with van der Waals surface area (Å²) in [6.07, 6.45) is -8.72. The molecule has 6 nitrogen and oxygen atoms in total. The number of aromatic nitrogens is 2. The van der Waals surface area contributed by atoms with E-state index in [2.05, 4.69) is 15.6 Å². The molecule has 0 saturated carbocycles. The molecule has 0 unspecified atom stereocenters. The molecule has 37 heavy (non-hydrogen) atoms. The Morgan fingerprint density at radius 1 is 0.973 bits per heavy atom. The van der Waals surface area contributed by atoms with E-state index in [-0.39, 0.29) is 40.3 Å². The highest BCUT2D eigenvalue weighted by Crippen LogP contribution is 2.36. The van der Waals surface area contributed by atoms with Crippen molar-refractivity contribution < 1.29 is 36.0 Å². The molecule has 4 rings (SSSR count). The van der Waals surface area contributed by atoms with Gasteiger partial charge in [-0.2, -0.15) is 31.1 Å². The van der Waals surface area contributed by atoms with Gasteiger partial charge in [0, 0.05) is 18.6 Å². The lowest BCUT2D eigenvalue weighted by Crippen LogP contribution is -2.23. The smallest absolute Gasteiger partial charge is 0.408 e. The molecule has 0 radical (unpaired) electrons. The number of aryl methyl sites for hydroxylation is 1. The maximum Gasteiger partial charge on any atom is 0.417 e. The maximum absolute atomic E-state index is 13.4. The molecule has 0 saturated heterocycles. The zero-order valence-corrected chi connectivity index (χ0v) is 19.5. The Bertz CT molecular complexity index is 1450. The standard InChI is InChI=1S/C25H20F6N4O2/c1-14-18-10-16(24(26,27)28)8-9-20(18)35(37-13-15-6-4-3-5-7-15)21(14)23(36)34-19-11-17(25(29,30)31)12-33-22(19)32-2/h3-12H,13H2,1-2H3,(H,32,33)(H,34,36). The van der Waals surface area contributed by atoms with Gasteiger partial charge in [-0.15, -0.1) is 0 Å². The number of pyridine rings is 1. The van der Waals surface area contributed by atoms with Crippen LogP contribution in [0.2, 0.25) is 0 Å². The molecule has 4 aromatic rings. The van der Waals surface area contributed by atoms with Crippen LogP contribution in [-0.2, 0) is 19.0 Å². The number of carbonyl (C=O) groups excluding carboxylic acids is 1. The van der Waals surface area contributed by atoms with Crippen LogP contribution in [0.25, 0.3) is 10.9 Å². The van der Waals surface area contributed by atoms with Gasteiger partial charge in [0.25, 0.3) is 5.91 Å². The molecule has 194 valence electrons. The van der Waals surface area contributed by atoms with E-state index in [0.29, 0.717) is 12.3 Å². The lowest BCUT2D eigenvalue weighted by atomic mass is 10.1. The predicted molar refractivity (Wildman–Crippen MR) is 125 cm³/mol. The van der Waals surface area contributed by atoms with Gasteiger partial charge in [0.2, 0.25) is 0 Å². The number of anilines is 2. The average molecular weight is 522 g/mol. The first-order chi connectivity index (χ1) is 17.4. The molecule has 0 aliphatic rings. The van der Waals surface area contributed by atoms with Crippen LogP contribution in [0.3, 0.4) is 0 Å². The second-order valence-electron chi connectivity index (χ2n) is 8.08. The Labute approximate surface area is 206 Å². The lowest BCUT2D eigenvalue weighted by Gasteiger charge is -2.16. The molecule has 0 fully saturated rings. The monoisotopic (exact) mass is 522 g/mol. The summed E-state index contributed by atoms with van der Waals surface area (Å²) in [7, 11) is 1.41. The summed E-state index contributed by atoms with van der Waals surface area (Å²) in [5.41, 5.74) is -1.40. The van der Waals surface area contributed by atoms with E-state index in [1.165, 1.54) is 20.0 Å². The molecule has 2 N–H and O–H groups in total. The third-order valence-electron chi connectivity index (χ3n) is 5.62. The molecule has 2 heterocycles. The summed E-state index contributed by atoms with van der Waals surface area (Å²) in [6, 6.07) is 12.5. The number of amides is 1. The van der Waals surface area contributed by atoms with E-state index in [1.54, 1.807) is 30.3 Å². The van der Waals surface area contributed by atoms with Gasteiger partial charge in [0.1, 0.15) is 18.1 Å². The number of rotatable bonds is 6. The quantitative estimate of drug-likeness (QED) is 0.292. The van der Waals surface area contributed by atoms with Crippen molar-refractivity contribution in [3.8, 4) is 0 Å². The van der Waals surface area contributed by atoms with E-state index in [4.69, 9.17) is 4.84 Å². The van der Waals surface area contributed by atoms with Gasteiger partial charge in [-0.25, -0.2) is 4.98 Å². The maximum atomic E-state index is 13.4. The SMILES string of the molecule is CNc1ncc(C(F)(F)F)cc1NC(=O)c1c(C)c2cc(C(F)(F)F)ccc2n1OCc1ccccc1. The minimum absolute atomic E-state index is 0.0295. The van der Waals surface area contributed by atoms with E-state index < -0.39 is 29.4 Å². The summed E-state index contributed by atoms with van der Waals surface area (Å²) >= 11 is 0. The van der Waals surface area contributed by atoms with Crippen molar-refractivity contribution in [2.75, 3.05) is 17.7 Å². The van der Waals surface area contributed by atoms with Crippen molar-refractivity contribution in [2.45, 2.75) is 25.9 Å². The molecule has 0 spiro atoms. The number of hydrogen-bond donors (Lipinski definition) is 2. The molecule has 0 bridgehead atoms. The molecule has 0 aliphatic heterocycles. The fraction of sp³-hybridized carbons (Fsp3) is 0.200. The first kappa shape index (κ1) is 25.9. The van der Waals surface area contributed by atoms with Gasteiger partial charge >= 0.3 is 12.4 Å². The number of halogens is 6. The van der Waals surface area contributed by atoms with E-state index in [9.17, 15) is 31.1 Å². The number of alkyl halides is 6. The van der Waals surface area contributed by atoms with Gasteiger partial charge in [0.05, 0.1) is 22.3 Å². The minimum atomic E-state index is -4.71. The Morgan fingerprint density at radius 2 is 1.65 bits per heavy atom. The third-order valence-corrected chi connectivity index (χ3v) is 5.62. The van der Waals surface area contributed by atoms with Gasteiger partial charge in [-0.3, -0.25) is 4.79 Å². The van der Waals surface area contributed by atoms with Gasteiger partial charge in [0.15, 0.2) is 0 Å². The predicted octanol–water partition coefficient (Wildman–Crippen LogP) is 6.31. The highest BCUT2D eigenvalue weighted by atomic mass is 19.4. The van der Waals surface area contributed by atoms with Crippen LogP contribution >= 0.6 is 0 Å². The Kier molecular flexibility index (Phi) is 6.76. The van der Waals surface area contributed by atoms with Crippen LogP contribution in [0.15, 0.2) is 60.8 Å². The zero-order valence-electron chi connectivity index (χ0n) is 19.5. The highest BCUT2D eigenvalue weighted by molar-refractivity contribution is 6.09. The van der Waals surface area contributed by atoms with Gasteiger partial charge in [-0.05, 0) is 42.3 Å². The second kappa shape index (κ2) is 9.68. The van der Waals surface area contributed by atoms with E-state index in [0.717, 1.165) is 22.4 Å². The molecular formula is C25H20F6N4O2. The Hall–Kier alpha value is -4.22. The molecule has 2 aromatic carbocycles. The van der Waals surface area contributed by atoms with Crippen LogP contribution in [0.5, 0.6) is 0 Å². The third kappa shape index (κ3) is 5.32. The Balaban J connectivity index is 1.81. The molecule has 1 amide bonds. The fourth-order valence-electron chi connectivity index (χ4n) is 3.80. The van der Waals surface area contributed by atoms with Crippen molar-refractivity contribution in [1.82, 2.24) is 9.71 Å². The molecule has 2 aromatic heterocycles. The highest BCUT2D eigenvalue weighted by Gasteiger charge is 2.34. The fourth-order valence-corrected chi connectivity index (χ4v) is 3.80. The number of nitrogens with one attached hydrogen (secondary N) is 2. The molecule has 0 atom stereocenters. The van der Waals surface area contributed by atoms with Crippen molar-refractivity contribution in [1.29, 1.82) is 0 Å². The summed E-state index contributed by atoms with van der Waals surface area (Å²) in [5.74, 6) is -0.931.